The Labute approximate surface area is 162 Å². The fraction of sp³-hybridized carbons (Fsp3) is 0. The van der Waals surface area contributed by atoms with Crippen molar-refractivity contribution >= 4 is 40.2 Å². The number of ether oxygens (including phenoxy) is 2. The molecule has 0 unspecified atom stereocenters. The molecule has 0 radical (unpaired) electrons. The molecule has 0 fully saturated rings. The van der Waals surface area contributed by atoms with E-state index in [1.54, 1.807) is 0 Å². The summed E-state index contributed by atoms with van der Waals surface area (Å²) in [5.41, 5.74) is 7.04. The zero-order valence-corrected chi connectivity index (χ0v) is 14.9. The third-order valence-electron chi connectivity index (χ3n) is 5.92. The average molecular weight is 359 g/mol. The highest BCUT2D eigenvalue weighted by molar-refractivity contribution is 6.99. The van der Waals surface area contributed by atoms with Crippen LogP contribution in [0.25, 0.3) is 0 Å². The summed E-state index contributed by atoms with van der Waals surface area (Å²) in [5, 5.41) is 0. The highest BCUT2D eigenvalue weighted by Gasteiger charge is 2.44. The van der Waals surface area contributed by atoms with Crippen molar-refractivity contribution in [3.05, 3.63) is 84.9 Å². The molecular weight excluding hydrogens is 345 g/mol. The van der Waals surface area contributed by atoms with E-state index in [1.165, 1.54) is 22.1 Å². The molecule has 3 nitrogen and oxygen atoms in total. The summed E-state index contributed by atoms with van der Waals surface area (Å²) in [6.45, 7) is 0.135. The Kier molecular flexibility index (Phi) is 2.57. The fourth-order valence-electron chi connectivity index (χ4n) is 4.81. The molecule has 4 heteroatoms. The van der Waals surface area contributed by atoms with Gasteiger partial charge in [-0.15, -0.1) is 0 Å². The lowest BCUT2D eigenvalue weighted by atomic mass is 9.34. The highest BCUT2D eigenvalue weighted by Crippen LogP contribution is 2.52. The Bertz CT molecular complexity index is 1200. The van der Waals surface area contributed by atoms with Gasteiger partial charge in [-0.3, -0.25) is 0 Å². The van der Waals surface area contributed by atoms with E-state index in [9.17, 15) is 0 Å². The molecule has 0 aromatic heterocycles. The summed E-state index contributed by atoms with van der Waals surface area (Å²) >= 11 is 0. The lowest BCUT2D eigenvalue weighted by molar-refractivity contribution is 0.468. The highest BCUT2D eigenvalue weighted by atomic mass is 16.5. The van der Waals surface area contributed by atoms with Crippen molar-refractivity contribution in [3.8, 4) is 23.0 Å². The zero-order chi connectivity index (χ0) is 18.2. The van der Waals surface area contributed by atoms with E-state index >= 15 is 0 Å². The van der Waals surface area contributed by atoms with Crippen LogP contribution in [0.15, 0.2) is 84.9 Å². The van der Waals surface area contributed by atoms with Crippen molar-refractivity contribution < 1.29 is 9.47 Å². The van der Waals surface area contributed by atoms with E-state index in [1.807, 2.05) is 30.3 Å². The Morgan fingerprint density at radius 1 is 0.536 bits per heavy atom. The maximum atomic E-state index is 6.32. The molecule has 0 atom stereocenters. The Hall–Kier alpha value is -3.66. The quantitative estimate of drug-likeness (QED) is 0.379. The number of benzene rings is 4. The van der Waals surface area contributed by atoms with E-state index < -0.39 is 0 Å². The molecule has 0 N–H and O–H groups in total. The summed E-state index contributed by atoms with van der Waals surface area (Å²) in [5.74, 6) is 3.59. The second-order valence-corrected chi connectivity index (χ2v) is 7.36. The number of nitrogens with zero attached hydrogens (tertiary/aromatic N) is 1. The molecule has 3 aliphatic heterocycles. The third kappa shape index (κ3) is 1.66. The molecule has 130 valence electrons. The van der Waals surface area contributed by atoms with E-state index in [-0.39, 0.29) is 6.71 Å². The first-order valence-corrected chi connectivity index (χ1v) is 9.50. The van der Waals surface area contributed by atoms with Crippen molar-refractivity contribution in [1.29, 1.82) is 0 Å². The van der Waals surface area contributed by atoms with E-state index in [2.05, 4.69) is 59.5 Å². The summed E-state index contributed by atoms with van der Waals surface area (Å²) in [7, 11) is 0. The minimum absolute atomic E-state index is 0.135. The van der Waals surface area contributed by atoms with Crippen LogP contribution in [-0.2, 0) is 0 Å². The van der Waals surface area contributed by atoms with Crippen LogP contribution in [0.1, 0.15) is 0 Å². The van der Waals surface area contributed by atoms with Crippen LogP contribution in [0.4, 0.5) is 17.1 Å². The second-order valence-electron chi connectivity index (χ2n) is 7.36. The van der Waals surface area contributed by atoms with E-state index in [0.29, 0.717) is 0 Å². The van der Waals surface area contributed by atoms with Gasteiger partial charge in [-0.2, -0.15) is 0 Å². The van der Waals surface area contributed by atoms with Gasteiger partial charge in [-0.25, -0.2) is 0 Å². The maximum Gasteiger partial charge on any atom is 0.256 e. The van der Waals surface area contributed by atoms with Gasteiger partial charge >= 0.3 is 0 Å². The topological polar surface area (TPSA) is 21.7 Å². The molecule has 3 aliphatic rings. The van der Waals surface area contributed by atoms with Crippen LogP contribution in [-0.4, -0.2) is 6.71 Å². The van der Waals surface area contributed by atoms with E-state index in [0.717, 1.165) is 34.4 Å². The summed E-state index contributed by atoms with van der Waals surface area (Å²) in [4.78, 5) is 2.33. The van der Waals surface area contributed by atoms with Crippen LogP contribution in [0, 0.1) is 0 Å². The molecule has 0 saturated carbocycles. The zero-order valence-electron chi connectivity index (χ0n) is 14.9. The van der Waals surface area contributed by atoms with Gasteiger partial charge in [0.2, 0.25) is 0 Å². The SMILES string of the molecule is c1ccc2c(c1)Oc1ccc3c4c1B2c1ccccc1N4c1ccccc1O3. The Morgan fingerprint density at radius 2 is 1.18 bits per heavy atom. The first-order chi connectivity index (χ1) is 13.9. The van der Waals surface area contributed by atoms with Crippen molar-refractivity contribution in [2.75, 3.05) is 4.90 Å². The number of para-hydroxylation sites is 4. The van der Waals surface area contributed by atoms with Gasteiger partial charge in [0.05, 0.1) is 11.4 Å². The van der Waals surface area contributed by atoms with Crippen LogP contribution >= 0.6 is 0 Å². The van der Waals surface area contributed by atoms with Crippen molar-refractivity contribution in [2.45, 2.75) is 0 Å². The summed E-state index contributed by atoms with van der Waals surface area (Å²) in [6, 6.07) is 29.3. The van der Waals surface area contributed by atoms with Gasteiger partial charge in [-0.1, -0.05) is 48.5 Å². The first kappa shape index (κ1) is 14.4. The number of hydrogen-bond donors (Lipinski definition) is 0. The molecule has 0 bridgehead atoms. The largest absolute Gasteiger partial charge is 0.458 e. The molecule has 0 saturated heterocycles. The number of anilines is 3. The predicted molar refractivity (Wildman–Crippen MR) is 112 cm³/mol. The first-order valence-electron chi connectivity index (χ1n) is 9.50. The molecule has 0 aliphatic carbocycles. The number of hydrogen-bond acceptors (Lipinski definition) is 3. The Morgan fingerprint density at radius 3 is 2.07 bits per heavy atom. The lowest BCUT2D eigenvalue weighted by Gasteiger charge is -2.42. The molecule has 28 heavy (non-hydrogen) atoms. The van der Waals surface area contributed by atoms with Gasteiger partial charge in [0.1, 0.15) is 11.5 Å². The minimum atomic E-state index is 0.135. The van der Waals surface area contributed by atoms with Crippen LogP contribution < -0.4 is 30.8 Å². The van der Waals surface area contributed by atoms with Crippen LogP contribution in [0.3, 0.4) is 0 Å². The fourth-order valence-corrected chi connectivity index (χ4v) is 4.81. The minimum Gasteiger partial charge on any atom is -0.458 e. The van der Waals surface area contributed by atoms with Crippen LogP contribution in [0.5, 0.6) is 23.0 Å². The van der Waals surface area contributed by atoms with Gasteiger partial charge in [0, 0.05) is 11.2 Å². The second kappa shape index (κ2) is 4.99. The Balaban J connectivity index is 1.63. The molecule has 0 amide bonds. The number of fused-ring (bicyclic) bond motifs is 7. The third-order valence-corrected chi connectivity index (χ3v) is 5.92. The molecule has 4 aromatic carbocycles. The molecule has 7 rings (SSSR count). The van der Waals surface area contributed by atoms with Gasteiger partial charge in [0.25, 0.3) is 6.71 Å². The predicted octanol–water partition coefficient (Wildman–Crippen LogP) is 4.20. The smallest absolute Gasteiger partial charge is 0.256 e. The standard InChI is InChI=1S/C24H14BNO2/c1-3-9-17-15(7-1)25-16-8-2-5-11-19(16)27-21-13-14-22-24(23(21)25)26(17)18-10-4-6-12-20(18)28-22/h1-14H. The summed E-state index contributed by atoms with van der Waals surface area (Å²) in [6.07, 6.45) is 0. The molecule has 3 heterocycles. The van der Waals surface area contributed by atoms with Crippen molar-refractivity contribution in [2.24, 2.45) is 0 Å². The summed E-state index contributed by atoms with van der Waals surface area (Å²) < 4.78 is 12.6. The monoisotopic (exact) mass is 359 g/mol. The van der Waals surface area contributed by atoms with Gasteiger partial charge < -0.3 is 14.4 Å². The van der Waals surface area contributed by atoms with E-state index in [4.69, 9.17) is 9.47 Å². The lowest BCUT2D eigenvalue weighted by Crippen LogP contribution is -2.59. The van der Waals surface area contributed by atoms with Gasteiger partial charge in [-0.05, 0) is 47.3 Å². The molecular formula is C24H14BNO2. The molecule has 4 aromatic rings. The average Bonchev–Trinajstić information content (AvgIpc) is 2.76. The van der Waals surface area contributed by atoms with Gasteiger partial charge in [0.15, 0.2) is 11.5 Å². The normalized spacial score (nSPS) is 14.1. The van der Waals surface area contributed by atoms with Crippen molar-refractivity contribution in [1.82, 2.24) is 0 Å². The van der Waals surface area contributed by atoms with Crippen LogP contribution in [0.2, 0.25) is 0 Å². The number of rotatable bonds is 0. The molecule has 0 spiro atoms. The van der Waals surface area contributed by atoms with Crippen molar-refractivity contribution in [3.63, 3.8) is 0 Å². The maximum absolute atomic E-state index is 6.32.